The van der Waals surface area contributed by atoms with Crippen LogP contribution in [0.5, 0.6) is 0 Å². The van der Waals surface area contributed by atoms with Crippen molar-refractivity contribution in [3.8, 4) is 11.4 Å². The van der Waals surface area contributed by atoms with Gasteiger partial charge in [0, 0.05) is 63.1 Å². The van der Waals surface area contributed by atoms with Gasteiger partial charge in [-0.05, 0) is 23.3 Å². The zero-order valence-corrected chi connectivity index (χ0v) is 19.9. The predicted molar refractivity (Wildman–Crippen MR) is 137 cm³/mol. The molecule has 0 radical (unpaired) electrons. The number of piperazine rings is 1. The third kappa shape index (κ3) is 4.62. The molecule has 1 N–H and O–H groups in total. The largest absolute Gasteiger partial charge is 0.366 e. The highest BCUT2D eigenvalue weighted by atomic mass is 35.5. The molecule has 0 amide bonds. The van der Waals surface area contributed by atoms with Crippen molar-refractivity contribution in [2.45, 2.75) is 13.1 Å². The number of aromatic nitrogens is 6. The maximum Gasteiger partial charge on any atom is 0.180 e. The first-order valence-electron chi connectivity index (χ1n) is 11.7. The van der Waals surface area contributed by atoms with Crippen LogP contribution in [0.2, 0.25) is 5.02 Å². The first kappa shape index (κ1) is 21.8. The molecule has 0 bridgehead atoms. The van der Waals surface area contributed by atoms with Gasteiger partial charge in [0.25, 0.3) is 0 Å². The first-order chi connectivity index (χ1) is 17.2. The van der Waals surface area contributed by atoms with Gasteiger partial charge < -0.3 is 9.88 Å². The van der Waals surface area contributed by atoms with Gasteiger partial charge in [0.15, 0.2) is 5.65 Å². The number of benzene rings is 1. The highest BCUT2D eigenvalue weighted by molar-refractivity contribution is 6.34. The van der Waals surface area contributed by atoms with E-state index >= 15 is 0 Å². The van der Waals surface area contributed by atoms with E-state index in [1.807, 2.05) is 35.4 Å². The van der Waals surface area contributed by atoms with Crippen molar-refractivity contribution in [3.05, 3.63) is 89.6 Å². The van der Waals surface area contributed by atoms with E-state index in [1.54, 1.807) is 12.4 Å². The minimum Gasteiger partial charge on any atom is -0.366 e. The maximum absolute atomic E-state index is 6.66. The highest BCUT2D eigenvalue weighted by Gasteiger charge is 2.23. The summed E-state index contributed by atoms with van der Waals surface area (Å²) in [5.41, 5.74) is 5.97. The molecule has 1 aromatic carbocycles. The van der Waals surface area contributed by atoms with Gasteiger partial charge in [-0.1, -0.05) is 41.9 Å². The quantitative estimate of drug-likeness (QED) is 0.388. The van der Waals surface area contributed by atoms with Gasteiger partial charge in [0.2, 0.25) is 0 Å². The number of imidazole rings is 1. The van der Waals surface area contributed by atoms with Crippen LogP contribution in [0, 0.1) is 0 Å². The van der Waals surface area contributed by atoms with Crippen LogP contribution in [-0.4, -0.2) is 60.8 Å². The summed E-state index contributed by atoms with van der Waals surface area (Å²) >= 11 is 6.66. The number of halogens is 1. The van der Waals surface area contributed by atoms with Crippen LogP contribution < -0.4 is 4.90 Å². The Morgan fingerprint density at radius 2 is 1.74 bits per heavy atom. The SMILES string of the molecule is Clc1cnc2nc(-c3ccc(Cn4cccn4)cc3)[nH]c2c1N1CCN(Cc2cccnc2)CC1. The number of anilines is 1. The summed E-state index contributed by atoms with van der Waals surface area (Å²) in [6.07, 6.45) is 9.21. The van der Waals surface area contributed by atoms with Crippen molar-refractivity contribution >= 4 is 28.5 Å². The summed E-state index contributed by atoms with van der Waals surface area (Å²) in [5.74, 6) is 0.789. The average Bonchev–Trinajstić information content (AvgIpc) is 3.56. The Morgan fingerprint density at radius 1 is 0.886 bits per heavy atom. The number of hydrogen-bond donors (Lipinski definition) is 1. The van der Waals surface area contributed by atoms with Crippen molar-refractivity contribution in [3.63, 3.8) is 0 Å². The molecule has 9 heteroatoms. The van der Waals surface area contributed by atoms with Crippen molar-refractivity contribution < 1.29 is 0 Å². The van der Waals surface area contributed by atoms with Gasteiger partial charge in [-0.3, -0.25) is 14.6 Å². The molecular weight excluding hydrogens is 460 g/mol. The van der Waals surface area contributed by atoms with Crippen molar-refractivity contribution in [2.24, 2.45) is 0 Å². The Kier molecular flexibility index (Phi) is 5.89. The molecule has 5 heterocycles. The van der Waals surface area contributed by atoms with Gasteiger partial charge in [-0.15, -0.1) is 0 Å². The lowest BCUT2D eigenvalue weighted by atomic mass is 10.1. The van der Waals surface area contributed by atoms with Gasteiger partial charge in [0.05, 0.1) is 23.5 Å². The minimum atomic E-state index is 0.642. The summed E-state index contributed by atoms with van der Waals surface area (Å²) in [5, 5.41) is 4.92. The van der Waals surface area contributed by atoms with Crippen molar-refractivity contribution in [1.29, 1.82) is 0 Å². The molecular formula is C26H25ClN8. The number of aromatic amines is 1. The Morgan fingerprint density at radius 3 is 2.49 bits per heavy atom. The van der Waals surface area contributed by atoms with E-state index in [0.717, 1.165) is 61.9 Å². The summed E-state index contributed by atoms with van der Waals surface area (Å²) in [6.45, 7) is 5.32. The number of nitrogens with zero attached hydrogens (tertiary/aromatic N) is 7. The molecule has 0 aliphatic carbocycles. The van der Waals surface area contributed by atoms with E-state index in [4.69, 9.17) is 16.6 Å². The number of hydrogen-bond acceptors (Lipinski definition) is 6. The van der Waals surface area contributed by atoms with Gasteiger partial charge in [-0.2, -0.15) is 5.10 Å². The zero-order chi connectivity index (χ0) is 23.6. The summed E-state index contributed by atoms with van der Waals surface area (Å²) in [4.78, 5) is 21.8. The molecule has 4 aromatic heterocycles. The lowest BCUT2D eigenvalue weighted by Crippen LogP contribution is -2.46. The lowest BCUT2D eigenvalue weighted by Gasteiger charge is -2.36. The fraction of sp³-hybridized carbons (Fsp3) is 0.231. The van der Waals surface area contributed by atoms with Crippen molar-refractivity contribution in [2.75, 3.05) is 31.1 Å². The molecule has 0 saturated carbocycles. The number of H-pyrrole nitrogens is 1. The molecule has 1 aliphatic rings. The molecule has 5 aromatic rings. The van der Waals surface area contributed by atoms with E-state index in [2.05, 4.69) is 60.2 Å². The molecule has 176 valence electrons. The topological polar surface area (TPSA) is 78.8 Å². The normalized spacial score (nSPS) is 14.6. The Balaban J connectivity index is 1.21. The monoisotopic (exact) mass is 484 g/mol. The Labute approximate surface area is 208 Å². The van der Waals surface area contributed by atoms with Gasteiger partial charge in [-0.25, -0.2) is 9.97 Å². The van der Waals surface area contributed by atoms with Crippen LogP contribution in [0.4, 0.5) is 5.69 Å². The summed E-state index contributed by atoms with van der Waals surface area (Å²) < 4.78 is 1.91. The zero-order valence-electron chi connectivity index (χ0n) is 19.2. The van der Waals surface area contributed by atoms with E-state index in [9.17, 15) is 0 Å². The number of nitrogens with one attached hydrogen (secondary N) is 1. The molecule has 6 rings (SSSR count). The first-order valence-corrected chi connectivity index (χ1v) is 12.1. The van der Waals surface area contributed by atoms with E-state index in [0.29, 0.717) is 10.7 Å². The van der Waals surface area contributed by atoms with Crippen LogP contribution in [0.25, 0.3) is 22.6 Å². The number of pyridine rings is 2. The average molecular weight is 485 g/mol. The molecule has 0 unspecified atom stereocenters. The van der Waals surface area contributed by atoms with Crippen LogP contribution >= 0.6 is 11.6 Å². The second kappa shape index (κ2) is 9.48. The third-order valence-corrected chi connectivity index (χ3v) is 6.67. The van der Waals surface area contributed by atoms with Crippen LogP contribution in [-0.2, 0) is 13.1 Å². The smallest absolute Gasteiger partial charge is 0.180 e. The molecule has 1 saturated heterocycles. The standard InChI is InChI=1S/C26H25ClN8/c27-22-16-29-26-23(24(22)34-13-11-33(12-14-34)17-20-3-1-8-28-15-20)31-25(32-26)21-6-4-19(5-7-21)18-35-10-2-9-30-35/h1-10,15-16H,11-14,17-18H2,(H,29,31,32). The van der Waals surface area contributed by atoms with Gasteiger partial charge in [0.1, 0.15) is 11.3 Å². The lowest BCUT2D eigenvalue weighted by molar-refractivity contribution is 0.250. The maximum atomic E-state index is 6.66. The number of rotatable bonds is 6. The van der Waals surface area contributed by atoms with E-state index in [-0.39, 0.29) is 0 Å². The Bertz CT molecular complexity index is 1410. The van der Waals surface area contributed by atoms with E-state index in [1.165, 1.54) is 11.1 Å². The second-order valence-electron chi connectivity index (χ2n) is 8.76. The van der Waals surface area contributed by atoms with Crippen LogP contribution in [0.3, 0.4) is 0 Å². The fourth-order valence-electron chi connectivity index (χ4n) is 4.60. The number of fused-ring (bicyclic) bond motifs is 1. The fourth-order valence-corrected chi connectivity index (χ4v) is 4.86. The molecule has 1 aliphatic heterocycles. The second-order valence-corrected chi connectivity index (χ2v) is 9.17. The van der Waals surface area contributed by atoms with Crippen LogP contribution in [0.1, 0.15) is 11.1 Å². The third-order valence-electron chi connectivity index (χ3n) is 6.40. The molecule has 8 nitrogen and oxygen atoms in total. The van der Waals surface area contributed by atoms with Crippen molar-refractivity contribution in [1.82, 2.24) is 34.6 Å². The molecule has 0 spiro atoms. The summed E-state index contributed by atoms with van der Waals surface area (Å²) in [7, 11) is 0. The molecule has 0 atom stereocenters. The van der Waals surface area contributed by atoms with E-state index < -0.39 is 0 Å². The summed E-state index contributed by atoms with van der Waals surface area (Å²) in [6, 6.07) is 14.4. The van der Waals surface area contributed by atoms with Gasteiger partial charge >= 0.3 is 0 Å². The minimum absolute atomic E-state index is 0.642. The van der Waals surface area contributed by atoms with Crippen LogP contribution in [0.15, 0.2) is 73.4 Å². The molecule has 1 fully saturated rings. The predicted octanol–water partition coefficient (Wildman–Crippen LogP) is 4.24. The Hall–Kier alpha value is -3.75. The highest BCUT2D eigenvalue weighted by Crippen LogP contribution is 2.34. The molecule has 35 heavy (non-hydrogen) atoms.